The van der Waals surface area contributed by atoms with Crippen molar-refractivity contribution in [3.05, 3.63) is 12.1 Å². The molecule has 1 rings (SSSR count). The van der Waals surface area contributed by atoms with Gasteiger partial charge in [0.1, 0.15) is 11.5 Å². The third-order valence-corrected chi connectivity index (χ3v) is 1.18. The molecular formula is C6H12Cl4N2O2. The van der Waals surface area contributed by atoms with E-state index in [-0.39, 0.29) is 72.5 Å². The molecule has 0 aliphatic rings. The minimum atomic E-state index is -0.160. The van der Waals surface area contributed by atoms with E-state index in [2.05, 4.69) is 0 Å². The first-order chi connectivity index (χ1) is 4.61. The van der Waals surface area contributed by atoms with Crippen LogP contribution in [0, 0.1) is 0 Å². The summed E-state index contributed by atoms with van der Waals surface area (Å²) < 4.78 is 0. The average Bonchev–Trinajstić information content (AvgIpc) is 1.84. The molecule has 0 fully saturated rings. The van der Waals surface area contributed by atoms with Crippen molar-refractivity contribution >= 4 is 61.0 Å². The lowest BCUT2D eigenvalue weighted by Crippen LogP contribution is -1.90. The number of hydrogen-bond acceptors (Lipinski definition) is 4. The summed E-state index contributed by atoms with van der Waals surface area (Å²) in [7, 11) is 0. The number of phenolic OH excluding ortho intramolecular Hbond substituents is 2. The number of rotatable bonds is 0. The smallest absolute Gasteiger partial charge is 0.142 e. The summed E-state index contributed by atoms with van der Waals surface area (Å²) in [5, 5.41) is 17.8. The number of benzene rings is 1. The highest BCUT2D eigenvalue weighted by atomic mass is 35.5. The lowest BCUT2D eigenvalue weighted by Gasteiger charge is -2.01. The number of phenols is 2. The first kappa shape index (κ1) is 23.4. The van der Waals surface area contributed by atoms with E-state index in [0.717, 1.165) is 6.07 Å². The zero-order valence-electron chi connectivity index (χ0n) is 6.84. The summed E-state index contributed by atoms with van der Waals surface area (Å²) in [5.41, 5.74) is 10.8. The predicted octanol–water partition coefficient (Wildman–Crippen LogP) is 1.95. The van der Waals surface area contributed by atoms with Crippen molar-refractivity contribution in [1.82, 2.24) is 0 Å². The number of aromatic hydroxyl groups is 2. The molecule has 0 radical (unpaired) electrons. The highest BCUT2D eigenvalue weighted by Crippen LogP contribution is 2.30. The lowest BCUT2D eigenvalue weighted by atomic mass is 10.2. The topological polar surface area (TPSA) is 92.5 Å². The summed E-state index contributed by atoms with van der Waals surface area (Å²) in [6.45, 7) is 0. The fourth-order valence-electron chi connectivity index (χ4n) is 0.612. The molecule has 0 unspecified atom stereocenters. The van der Waals surface area contributed by atoms with Crippen molar-refractivity contribution in [2.24, 2.45) is 0 Å². The first-order valence-electron chi connectivity index (χ1n) is 2.68. The fraction of sp³-hybridized carbons (Fsp3) is 0. The van der Waals surface area contributed by atoms with E-state index in [0.29, 0.717) is 0 Å². The average molecular weight is 286 g/mol. The molecule has 4 nitrogen and oxygen atoms in total. The quantitative estimate of drug-likeness (QED) is 0.333. The monoisotopic (exact) mass is 284 g/mol. The summed E-state index contributed by atoms with van der Waals surface area (Å²) in [6.07, 6.45) is 0. The van der Waals surface area contributed by atoms with Gasteiger partial charge in [-0.25, -0.2) is 0 Å². The number of hydrogen-bond donors (Lipinski definition) is 4. The molecule has 86 valence electrons. The maximum absolute atomic E-state index is 8.88. The SMILES string of the molecule is Cl.Cl.Cl.Cl.Nc1cc(N)c(O)cc1O. The maximum atomic E-state index is 8.88. The van der Waals surface area contributed by atoms with Crippen LogP contribution in [0.4, 0.5) is 11.4 Å². The molecule has 0 amide bonds. The van der Waals surface area contributed by atoms with Crippen molar-refractivity contribution in [3.63, 3.8) is 0 Å². The van der Waals surface area contributed by atoms with Crippen LogP contribution in [-0.4, -0.2) is 10.2 Å². The third kappa shape index (κ3) is 5.34. The molecule has 0 spiro atoms. The molecule has 0 atom stereocenters. The van der Waals surface area contributed by atoms with Gasteiger partial charge in [0.05, 0.1) is 11.4 Å². The molecule has 1 aromatic rings. The normalized spacial score (nSPS) is 6.86. The minimum Gasteiger partial charge on any atom is -0.506 e. The van der Waals surface area contributed by atoms with Crippen LogP contribution in [-0.2, 0) is 0 Å². The van der Waals surface area contributed by atoms with Gasteiger partial charge in [0.2, 0.25) is 0 Å². The Kier molecular flexibility index (Phi) is 15.3. The molecule has 0 aromatic heterocycles. The molecule has 0 saturated heterocycles. The fourth-order valence-corrected chi connectivity index (χ4v) is 0.612. The van der Waals surface area contributed by atoms with E-state index in [9.17, 15) is 0 Å². The van der Waals surface area contributed by atoms with E-state index in [1.165, 1.54) is 6.07 Å². The molecular weight excluding hydrogens is 274 g/mol. The van der Waals surface area contributed by atoms with Gasteiger partial charge in [-0.15, -0.1) is 49.6 Å². The van der Waals surface area contributed by atoms with Gasteiger partial charge in [0, 0.05) is 6.07 Å². The zero-order chi connectivity index (χ0) is 7.72. The van der Waals surface area contributed by atoms with Gasteiger partial charge in [0.25, 0.3) is 0 Å². The van der Waals surface area contributed by atoms with Crippen molar-refractivity contribution in [3.8, 4) is 11.5 Å². The summed E-state index contributed by atoms with van der Waals surface area (Å²) >= 11 is 0. The summed E-state index contributed by atoms with van der Waals surface area (Å²) in [4.78, 5) is 0. The van der Waals surface area contributed by atoms with Gasteiger partial charge < -0.3 is 21.7 Å². The third-order valence-electron chi connectivity index (χ3n) is 1.18. The lowest BCUT2D eigenvalue weighted by molar-refractivity contribution is 0.454. The number of halogens is 4. The highest BCUT2D eigenvalue weighted by Gasteiger charge is 2.01. The Morgan fingerprint density at radius 1 is 0.714 bits per heavy atom. The second-order valence-electron chi connectivity index (χ2n) is 1.97. The van der Waals surface area contributed by atoms with Gasteiger partial charge in [-0.3, -0.25) is 0 Å². The van der Waals surface area contributed by atoms with Crippen LogP contribution in [0.15, 0.2) is 12.1 Å². The molecule has 0 aliphatic carbocycles. The number of anilines is 2. The Balaban J connectivity index is -0.000000125. The Morgan fingerprint density at radius 2 is 1.00 bits per heavy atom. The second kappa shape index (κ2) is 9.15. The van der Waals surface area contributed by atoms with E-state index in [1.54, 1.807) is 0 Å². The van der Waals surface area contributed by atoms with E-state index in [4.69, 9.17) is 21.7 Å². The van der Waals surface area contributed by atoms with E-state index in [1.807, 2.05) is 0 Å². The van der Waals surface area contributed by atoms with Crippen LogP contribution in [0.3, 0.4) is 0 Å². The van der Waals surface area contributed by atoms with E-state index < -0.39 is 0 Å². The summed E-state index contributed by atoms with van der Waals surface area (Å²) in [6, 6.07) is 2.40. The van der Waals surface area contributed by atoms with Crippen LogP contribution in [0.1, 0.15) is 0 Å². The predicted molar refractivity (Wildman–Crippen MR) is 67.6 cm³/mol. The Bertz CT molecular complexity index is 222. The number of nitrogen functional groups attached to an aromatic ring is 2. The molecule has 14 heavy (non-hydrogen) atoms. The molecule has 0 saturated carbocycles. The highest BCUT2D eigenvalue weighted by molar-refractivity contribution is 5.86. The van der Waals surface area contributed by atoms with Crippen molar-refractivity contribution < 1.29 is 10.2 Å². The van der Waals surface area contributed by atoms with E-state index >= 15 is 0 Å². The van der Waals surface area contributed by atoms with Crippen LogP contribution < -0.4 is 11.5 Å². The van der Waals surface area contributed by atoms with Crippen LogP contribution in [0.25, 0.3) is 0 Å². The minimum absolute atomic E-state index is 0. The molecule has 6 N–H and O–H groups in total. The molecule has 0 aliphatic heterocycles. The van der Waals surface area contributed by atoms with Gasteiger partial charge in [-0.05, 0) is 6.07 Å². The largest absolute Gasteiger partial charge is 0.506 e. The Morgan fingerprint density at radius 3 is 1.21 bits per heavy atom. The Hall–Kier alpha value is -0.420. The molecule has 0 bridgehead atoms. The van der Waals surface area contributed by atoms with Crippen molar-refractivity contribution in [1.29, 1.82) is 0 Å². The zero-order valence-corrected chi connectivity index (χ0v) is 10.1. The van der Waals surface area contributed by atoms with Crippen LogP contribution in [0.5, 0.6) is 11.5 Å². The van der Waals surface area contributed by atoms with Crippen LogP contribution in [0.2, 0.25) is 0 Å². The van der Waals surface area contributed by atoms with Crippen LogP contribution >= 0.6 is 49.6 Å². The molecule has 8 heteroatoms. The van der Waals surface area contributed by atoms with Crippen molar-refractivity contribution in [2.45, 2.75) is 0 Å². The first-order valence-corrected chi connectivity index (χ1v) is 2.68. The Labute approximate surface area is 106 Å². The maximum Gasteiger partial charge on any atom is 0.142 e. The summed E-state index contributed by atoms with van der Waals surface area (Å²) in [5.74, 6) is -0.321. The second-order valence-corrected chi connectivity index (χ2v) is 1.97. The van der Waals surface area contributed by atoms with Gasteiger partial charge in [-0.2, -0.15) is 0 Å². The van der Waals surface area contributed by atoms with Crippen molar-refractivity contribution in [2.75, 3.05) is 11.5 Å². The molecule has 1 aromatic carbocycles. The molecule has 0 heterocycles. The van der Waals surface area contributed by atoms with Gasteiger partial charge >= 0.3 is 0 Å². The van der Waals surface area contributed by atoms with Gasteiger partial charge in [0.15, 0.2) is 0 Å². The van der Waals surface area contributed by atoms with Gasteiger partial charge in [-0.1, -0.05) is 0 Å². The number of nitrogens with two attached hydrogens (primary N) is 2. The standard InChI is InChI=1S/C6H8N2O2.4ClH/c7-3-1-4(8)6(10)2-5(3)9;;;;/h1-2,9-10H,7-8H2;4*1H.